The average molecular weight is 484 g/mol. The number of nitrogens with zero attached hydrogens (tertiary/aromatic N) is 2. The fraction of sp³-hybridized carbons (Fsp3) is 0.360. The second kappa shape index (κ2) is 10.3. The minimum absolute atomic E-state index is 0.122. The number of carbonyl (C=O) groups is 2. The summed E-state index contributed by atoms with van der Waals surface area (Å²) in [7, 11) is 3.06. The highest BCUT2D eigenvalue weighted by Crippen LogP contribution is 2.40. The molecule has 0 radical (unpaired) electrons. The third kappa shape index (κ3) is 4.77. The first kappa shape index (κ1) is 23.8. The van der Waals surface area contributed by atoms with Crippen molar-refractivity contribution in [3.63, 3.8) is 0 Å². The van der Waals surface area contributed by atoms with Gasteiger partial charge in [0.25, 0.3) is 5.91 Å². The second-order valence-electron chi connectivity index (χ2n) is 8.28. The van der Waals surface area contributed by atoms with Crippen LogP contribution >= 0.6 is 11.6 Å². The quantitative estimate of drug-likeness (QED) is 0.499. The van der Waals surface area contributed by atoms with Crippen LogP contribution in [0, 0.1) is 5.92 Å². The first-order valence-corrected chi connectivity index (χ1v) is 11.5. The maximum absolute atomic E-state index is 13.2. The molecular formula is C25H26ClN3O5. The number of rotatable bonds is 7. The van der Waals surface area contributed by atoms with Crippen LogP contribution < -0.4 is 14.8 Å². The number of aromatic nitrogens is 2. The molecule has 9 heteroatoms. The summed E-state index contributed by atoms with van der Waals surface area (Å²) in [5.74, 6) is -0.972. The van der Waals surface area contributed by atoms with E-state index in [1.807, 2.05) is 0 Å². The highest BCUT2D eigenvalue weighted by atomic mass is 35.5. The standard InChI is InChI=1S/C25H26ClN3O5/c1-33-18-9-6-10-19(34-2)20(18)22-16-13-15(26)11-12-17(16)27-23(28-22)24(30)29-21(25(31)32)14-7-4-3-5-8-14/h6,9-14,21H,3-5,7-8H2,1-2H3,(H,29,30)(H,31,32)/t21-/m0/s1. The molecule has 0 saturated heterocycles. The second-order valence-corrected chi connectivity index (χ2v) is 8.72. The lowest BCUT2D eigenvalue weighted by Gasteiger charge is -2.27. The number of amides is 1. The van der Waals surface area contributed by atoms with Gasteiger partial charge < -0.3 is 19.9 Å². The molecule has 2 N–H and O–H groups in total. The van der Waals surface area contributed by atoms with E-state index in [0.29, 0.717) is 38.7 Å². The van der Waals surface area contributed by atoms with Gasteiger partial charge in [0.15, 0.2) is 0 Å². The van der Waals surface area contributed by atoms with Crippen LogP contribution in [-0.2, 0) is 4.79 Å². The molecule has 4 rings (SSSR count). The van der Waals surface area contributed by atoms with Crippen molar-refractivity contribution < 1.29 is 24.2 Å². The topological polar surface area (TPSA) is 111 Å². The van der Waals surface area contributed by atoms with Gasteiger partial charge >= 0.3 is 5.97 Å². The third-order valence-corrected chi connectivity index (χ3v) is 6.43. The lowest BCUT2D eigenvalue weighted by molar-refractivity contribution is -0.141. The zero-order valence-electron chi connectivity index (χ0n) is 19.0. The minimum Gasteiger partial charge on any atom is -0.496 e. The van der Waals surface area contributed by atoms with E-state index in [1.165, 1.54) is 14.2 Å². The summed E-state index contributed by atoms with van der Waals surface area (Å²) in [4.78, 5) is 34.2. The molecule has 8 nitrogen and oxygen atoms in total. The highest BCUT2D eigenvalue weighted by Gasteiger charge is 2.32. The molecule has 0 aliphatic heterocycles. The number of methoxy groups -OCH3 is 2. The van der Waals surface area contributed by atoms with Crippen molar-refractivity contribution in [2.24, 2.45) is 5.92 Å². The van der Waals surface area contributed by atoms with Crippen LogP contribution in [0.5, 0.6) is 11.5 Å². The zero-order chi connectivity index (χ0) is 24.2. The van der Waals surface area contributed by atoms with E-state index in [0.717, 1.165) is 32.1 Å². The number of carboxylic acids is 1. The Kier molecular flexibility index (Phi) is 7.17. The Morgan fingerprint density at radius 1 is 1.06 bits per heavy atom. The molecule has 1 aromatic heterocycles. The summed E-state index contributed by atoms with van der Waals surface area (Å²) in [5, 5.41) is 13.5. The van der Waals surface area contributed by atoms with Gasteiger partial charge in [-0.05, 0) is 49.1 Å². The summed E-state index contributed by atoms with van der Waals surface area (Å²) >= 11 is 6.25. The number of hydrogen-bond acceptors (Lipinski definition) is 6. The fourth-order valence-electron chi connectivity index (χ4n) is 4.53. The molecule has 3 aromatic rings. The van der Waals surface area contributed by atoms with E-state index < -0.39 is 17.9 Å². The molecule has 34 heavy (non-hydrogen) atoms. The summed E-state index contributed by atoms with van der Waals surface area (Å²) in [5.41, 5.74) is 1.42. The van der Waals surface area contributed by atoms with Gasteiger partial charge in [-0.15, -0.1) is 0 Å². The monoisotopic (exact) mass is 483 g/mol. The highest BCUT2D eigenvalue weighted by molar-refractivity contribution is 6.31. The lowest BCUT2D eigenvalue weighted by atomic mass is 9.84. The van der Waals surface area contributed by atoms with Crippen LogP contribution in [0.3, 0.4) is 0 Å². The molecule has 1 aliphatic rings. The molecule has 0 spiro atoms. The number of benzene rings is 2. The van der Waals surface area contributed by atoms with E-state index >= 15 is 0 Å². The van der Waals surface area contributed by atoms with Gasteiger partial charge in [-0.3, -0.25) is 4.79 Å². The molecule has 1 aliphatic carbocycles. The third-order valence-electron chi connectivity index (χ3n) is 6.20. The Morgan fingerprint density at radius 2 is 1.74 bits per heavy atom. The van der Waals surface area contributed by atoms with E-state index in [2.05, 4.69) is 15.3 Å². The smallest absolute Gasteiger partial charge is 0.326 e. The van der Waals surface area contributed by atoms with E-state index in [9.17, 15) is 14.7 Å². The van der Waals surface area contributed by atoms with Crippen LogP contribution in [0.2, 0.25) is 5.02 Å². The molecule has 178 valence electrons. The Balaban J connectivity index is 1.82. The van der Waals surface area contributed by atoms with Crippen LogP contribution in [0.1, 0.15) is 42.7 Å². The van der Waals surface area contributed by atoms with Crippen LogP contribution in [0.15, 0.2) is 36.4 Å². The largest absolute Gasteiger partial charge is 0.496 e. The van der Waals surface area contributed by atoms with E-state index in [4.69, 9.17) is 21.1 Å². The number of hydrogen-bond donors (Lipinski definition) is 2. The minimum atomic E-state index is -1.06. The number of fused-ring (bicyclic) bond motifs is 1. The predicted octanol–water partition coefficient (Wildman–Crippen LogP) is 4.73. The molecule has 1 atom stereocenters. The Hall–Kier alpha value is -3.39. The van der Waals surface area contributed by atoms with Gasteiger partial charge in [0.1, 0.15) is 17.5 Å². The summed E-state index contributed by atoms with van der Waals surface area (Å²) < 4.78 is 11.1. The number of nitrogens with one attached hydrogen (secondary N) is 1. The first-order valence-electron chi connectivity index (χ1n) is 11.1. The molecular weight excluding hydrogens is 458 g/mol. The van der Waals surface area contributed by atoms with Crippen molar-refractivity contribution in [2.45, 2.75) is 38.1 Å². The molecule has 1 fully saturated rings. The van der Waals surface area contributed by atoms with Crippen molar-refractivity contribution >= 4 is 34.4 Å². The number of ether oxygens (including phenoxy) is 2. The van der Waals surface area contributed by atoms with Crippen molar-refractivity contribution in [2.75, 3.05) is 14.2 Å². The maximum Gasteiger partial charge on any atom is 0.326 e. The van der Waals surface area contributed by atoms with E-state index in [-0.39, 0.29) is 11.7 Å². The molecule has 0 unspecified atom stereocenters. The van der Waals surface area contributed by atoms with Gasteiger partial charge in [0, 0.05) is 10.4 Å². The van der Waals surface area contributed by atoms with Crippen LogP contribution in [0.25, 0.3) is 22.2 Å². The van der Waals surface area contributed by atoms with Gasteiger partial charge in [-0.25, -0.2) is 14.8 Å². The maximum atomic E-state index is 13.2. The fourth-order valence-corrected chi connectivity index (χ4v) is 4.70. The van der Waals surface area contributed by atoms with Crippen molar-refractivity contribution in [3.05, 3.63) is 47.2 Å². The van der Waals surface area contributed by atoms with Gasteiger partial charge in [0.05, 0.1) is 31.0 Å². The van der Waals surface area contributed by atoms with E-state index in [1.54, 1.807) is 36.4 Å². The molecule has 1 saturated carbocycles. The molecule has 1 amide bonds. The Morgan fingerprint density at radius 3 is 2.35 bits per heavy atom. The van der Waals surface area contributed by atoms with Gasteiger partial charge in [-0.2, -0.15) is 0 Å². The molecule has 1 heterocycles. The van der Waals surface area contributed by atoms with Crippen molar-refractivity contribution in [1.82, 2.24) is 15.3 Å². The SMILES string of the molecule is COc1cccc(OC)c1-c1nc(C(=O)N[C@H](C(=O)O)C2CCCCC2)nc2ccc(Cl)cc12. The summed E-state index contributed by atoms with van der Waals surface area (Å²) in [6.45, 7) is 0. The number of carbonyl (C=O) groups excluding carboxylic acids is 1. The number of aliphatic carboxylic acids is 1. The number of halogens is 1. The summed E-state index contributed by atoms with van der Waals surface area (Å²) in [6, 6.07) is 9.39. The normalized spacial score (nSPS) is 15.0. The molecule has 2 aromatic carbocycles. The lowest BCUT2D eigenvalue weighted by Crippen LogP contribution is -2.47. The zero-order valence-corrected chi connectivity index (χ0v) is 19.8. The van der Waals surface area contributed by atoms with Crippen molar-refractivity contribution in [3.8, 4) is 22.8 Å². The average Bonchev–Trinajstić information content (AvgIpc) is 2.86. The number of carboxylic acid groups (broad SMARTS) is 1. The Bertz CT molecular complexity index is 1200. The summed E-state index contributed by atoms with van der Waals surface area (Å²) in [6.07, 6.45) is 4.51. The predicted molar refractivity (Wildman–Crippen MR) is 129 cm³/mol. The van der Waals surface area contributed by atoms with Gasteiger partial charge in [-0.1, -0.05) is 36.9 Å². The Labute approximate surface area is 202 Å². The molecule has 0 bridgehead atoms. The van der Waals surface area contributed by atoms with Crippen LogP contribution in [-0.4, -0.2) is 47.2 Å². The van der Waals surface area contributed by atoms with Crippen LogP contribution in [0.4, 0.5) is 0 Å². The first-order chi connectivity index (χ1) is 16.4. The van der Waals surface area contributed by atoms with Gasteiger partial charge in [0.2, 0.25) is 5.82 Å². The van der Waals surface area contributed by atoms with Crippen molar-refractivity contribution in [1.29, 1.82) is 0 Å².